The van der Waals surface area contributed by atoms with E-state index in [0.29, 0.717) is 40.7 Å². The second-order valence-electron chi connectivity index (χ2n) is 20.2. The average molecular weight is 1020 g/mol. The summed E-state index contributed by atoms with van der Waals surface area (Å²) < 4.78 is 7.07. The van der Waals surface area contributed by atoms with E-state index in [0.717, 1.165) is 100 Å². The third-order valence-electron chi connectivity index (χ3n) is 15.5. The molecule has 0 amide bonds. The van der Waals surface area contributed by atoms with E-state index < -0.39 is 5.41 Å². The predicted molar refractivity (Wildman–Crippen MR) is 320 cm³/mol. The van der Waals surface area contributed by atoms with E-state index in [1.54, 1.807) is 0 Å². The molecule has 0 N–H and O–H groups in total. The number of benzene rings is 11. The molecule has 0 saturated carbocycles. The van der Waals surface area contributed by atoms with Gasteiger partial charge in [0.2, 0.25) is 0 Å². The zero-order chi connectivity index (χ0) is 53.0. The Hall–Kier alpha value is -10.8. The van der Waals surface area contributed by atoms with E-state index >= 15 is 0 Å². The highest BCUT2D eigenvalue weighted by atomic mass is 16.5. The second-order valence-corrected chi connectivity index (χ2v) is 20.2. The molecule has 0 saturated heterocycles. The van der Waals surface area contributed by atoms with Crippen molar-refractivity contribution in [2.75, 3.05) is 0 Å². The molecule has 11 aromatic carbocycles. The van der Waals surface area contributed by atoms with Crippen LogP contribution in [-0.4, -0.2) is 29.9 Å². The van der Waals surface area contributed by atoms with Gasteiger partial charge in [-0.1, -0.05) is 261 Å². The Balaban J connectivity index is 0.878. The third kappa shape index (κ3) is 8.07. The highest BCUT2D eigenvalue weighted by Gasteiger charge is 2.51. The van der Waals surface area contributed by atoms with Crippen LogP contribution in [0.2, 0.25) is 0 Å². The van der Waals surface area contributed by atoms with Gasteiger partial charge in [-0.25, -0.2) is 29.9 Å². The van der Waals surface area contributed by atoms with Crippen molar-refractivity contribution in [3.8, 4) is 124 Å². The Labute approximate surface area is 463 Å². The lowest BCUT2D eigenvalue weighted by Gasteiger charge is -2.39. The summed E-state index contributed by atoms with van der Waals surface area (Å²) in [4.78, 5) is 31.3. The molecule has 0 fully saturated rings. The second kappa shape index (κ2) is 19.4. The first-order valence-corrected chi connectivity index (χ1v) is 26.8. The van der Waals surface area contributed by atoms with Crippen LogP contribution >= 0.6 is 0 Å². The lowest BCUT2D eigenvalue weighted by molar-refractivity contribution is 0.436. The molecule has 0 bridgehead atoms. The van der Waals surface area contributed by atoms with Crippen LogP contribution in [0.3, 0.4) is 0 Å². The summed E-state index contributed by atoms with van der Waals surface area (Å²) in [6, 6.07) is 96.9. The molecule has 80 heavy (non-hydrogen) atoms. The summed E-state index contributed by atoms with van der Waals surface area (Å²) in [6.45, 7) is 0. The molecule has 1 unspecified atom stereocenters. The molecular formula is C73H46N6O. The minimum Gasteiger partial charge on any atom is -0.457 e. The van der Waals surface area contributed by atoms with Gasteiger partial charge in [0.05, 0.1) is 5.41 Å². The van der Waals surface area contributed by atoms with Crippen LogP contribution in [0.5, 0.6) is 11.5 Å². The number of hydrogen-bond donors (Lipinski definition) is 0. The van der Waals surface area contributed by atoms with Gasteiger partial charge in [-0.2, -0.15) is 0 Å². The summed E-state index contributed by atoms with van der Waals surface area (Å²) in [5.41, 5.74) is 17.9. The van der Waals surface area contributed by atoms with Crippen molar-refractivity contribution in [3.05, 3.63) is 301 Å². The van der Waals surface area contributed by atoms with Gasteiger partial charge >= 0.3 is 0 Å². The molecule has 7 nitrogen and oxygen atoms in total. The molecule has 1 aliphatic carbocycles. The number of nitrogens with zero attached hydrogens (tertiary/aromatic N) is 6. The largest absolute Gasteiger partial charge is 0.457 e. The van der Waals surface area contributed by atoms with Crippen molar-refractivity contribution in [2.24, 2.45) is 0 Å². The van der Waals surface area contributed by atoms with Crippen molar-refractivity contribution < 1.29 is 4.74 Å². The number of fused-ring (bicyclic) bond motifs is 9. The molecular weight excluding hydrogens is 977 g/mol. The fraction of sp³-hybridized carbons (Fsp3) is 0.0137. The lowest BCUT2D eigenvalue weighted by Crippen LogP contribution is -2.32. The summed E-state index contributed by atoms with van der Waals surface area (Å²) in [7, 11) is 0. The lowest BCUT2D eigenvalue weighted by atomic mass is 9.66. The Morgan fingerprint density at radius 3 is 0.975 bits per heavy atom. The molecule has 2 aliphatic rings. The SMILES string of the molecule is c1ccc(-c2ccc(-c3nc(-c4ccc(-c5ccccc5)cc4)nc(-c4ccc5c(c4)Oc4ccccc4C54c5ccccc5-c5ccc(-c6nc(-c7ccccc7)nc(-c7ccc(-c8ccccc8)cc7)n6)cc54)n3)cc2)cc1. The van der Waals surface area contributed by atoms with E-state index in [9.17, 15) is 0 Å². The molecule has 0 radical (unpaired) electrons. The smallest absolute Gasteiger partial charge is 0.164 e. The van der Waals surface area contributed by atoms with Crippen LogP contribution in [0.1, 0.15) is 22.3 Å². The van der Waals surface area contributed by atoms with Crippen LogP contribution in [0.15, 0.2) is 279 Å². The van der Waals surface area contributed by atoms with Gasteiger partial charge in [0.25, 0.3) is 0 Å². The van der Waals surface area contributed by atoms with Crippen LogP contribution in [0.25, 0.3) is 113 Å². The van der Waals surface area contributed by atoms with E-state index in [1.165, 1.54) is 5.56 Å². The van der Waals surface area contributed by atoms with Gasteiger partial charge in [0.15, 0.2) is 34.9 Å². The van der Waals surface area contributed by atoms with Crippen molar-refractivity contribution in [2.45, 2.75) is 5.41 Å². The van der Waals surface area contributed by atoms with Crippen molar-refractivity contribution in [1.82, 2.24) is 29.9 Å². The van der Waals surface area contributed by atoms with Gasteiger partial charge in [-0.05, 0) is 73.8 Å². The Kier molecular flexibility index (Phi) is 11.3. The van der Waals surface area contributed by atoms with Crippen LogP contribution in [0.4, 0.5) is 0 Å². The van der Waals surface area contributed by atoms with Crippen LogP contribution in [0, 0.1) is 0 Å². The molecule has 3 heterocycles. The first kappa shape index (κ1) is 46.5. The quantitative estimate of drug-likeness (QED) is 0.142. The topological polar surface area (TPSA) is 86.6 Å². The minimum absolute atomic E-state index is 0.535. The van der Waals surface area contributed by atoms with Gasteiger partial charge in [-0.15, -0.1) is 0 Å². The fourth-order valence-corrected chi connectivity index (χ4v) is 11.6. The average Bonchev–Trinajstić information content (AvgIpc) is 3.33. The van der Waals surface area contributed by atoms with Crippen LogP contribution in [-0.2, 0) is 5.41 Å². The standard InChI is InChI=1S/C73H46N6O/c1-5-17-47(18-6-1)50-29-35-54(36-30-50)68-74-67(53-23-11-4-12-24-53)76-71(77-68)57-41-43-60-59-25-13-14-26-61(59)73(64(60)45-57)62-27-15-16-28-65(62)80-66-46-58(42-44-63(66)73)72-78-69(55-37-31-51(32-38-55)48-19-7-2-8-20-48)75-70(79-72)56-39-33-52(34-40-56)49-21-9-3-10-22-49/h1-46H. The maximum atomic E-state index is 7.07. The highest BCUT2D eigenvalue weighted by molar-refractivity contribution is 5.91. The number of ether oxygens (including phenoxy) is 1. The van der Waals surface area contributed by atoms with Gasteiger partial charge in [0, 0.05) is 44.5 Å². The van der Waals surface area contributed by atoms with Crippen molar-refractivity contribution in [3.63, 3.8) is 0 Å². The van der Waals surface area contributed by atoms with E-state index in [2.05, 4.69) is 224 Å². The van der Waals surface area contributed by atoms with Crippen LogP contribution < -0.4 is 4.74 Å². The monoisotopic (exact) mass is 1020 g/mol. The maximum Gasteiger partial charge on any atom is 0.164 e. The van der Waals surface area contributed by atoms with Gasteiger partial charge in [-0.3, -0.25) is 0 Å². The number of para-hydroxylation sites is 1. The Morgan fingerprint density at radius 1 is 0.200 bits per heavy atom. The minimum atomic E-state index is -0.785. The number of rotatable bonds is 9. The van der Waals surface area contributed by atoms with Gasteiger partial charge in [0.1, 0.15) is 11.5 Å². The number of aromatic nitrogens is 6. The molecule has 7 heteroatoms. The molecule has 2 aromatic heterocycles. The zero-order valence-electron chi connectivity index (χ0n) is 43.1. The first-order chi connectivity index (χ1) is 39.6. The summed E-state index contributed by atoms with van der Waals surface area (Å²) >= 11 is 0. The first-order valence-electron chi connectivity index (χ1n) is 26.8. The van der Waals surface area contributed by atoms with E-state index in [4.69, 9.17) is 34.6 Å². The normalized spacial score (nSPS) is 13.7. The number of hydrogen-bond acceptors (Lipinski definition) is 7. The summed E-state index contributed by atoms with van der Waals surface area (Å²) in [6.07, 6.45) is 0. The predicted octanol–water partition coefficient (Wildman–Crippen LogP) is 17.5. The van der Waals surface area contributed by atoms with E-state index in [-0.39, 0.29) is 0 Å². The molecule has 15 rings (SSSR count). The molecule has 1 atom stereocenters. The third-order valence-corrected chi connectivity index (χ3v) is 15.5. The molecule has 1 aliphatic heterocycles. The van der Waals surface area contributed by atoms with Gasteiger partial charge < -0.3 is 4.74 Å². The van der Waals surface area contributed by atoms with Crippen molar-refractivity contribution in [1.29, 1.82) is 0 Å². The van der Waals surface area contributed by atoms with Crippen molar-refractivity contribution >= 4 is 0 Å². The van der Waals surface area contributed by atoms with E-state index in [1.807, 2.05) is 54.6 Å². The molecule has 1 spiro atoms. The fourth-order valence-electron chi connectivity index (χ4n) is 11.6. The Bertz CT molecular complexity index is 4360. The zero-order valence-corrected chi connectivity index (χ0v) is 43.1. The Morgan fingerprint density at radius 2 is 0.500 bits per heavy atom. The molecule has 13 aromatic rings. The molecule has 374 valence electrons. The summed E-state index contributed by atoms with van der Waals surface area (Å²) in [5.74, 6) is 4.94. The maximum absolute atomic E-state index is 7.07. The summed E-state index contributed by atoms with van der Waals surface area (Å²) in [5, 5.41) is 0. The highest BCUT2D eigenvalue weighted by Crippen LogP contribution is 2.62.